The van der Waals surface area contributed by atoms with Crippen molar-refractivity contribution in [1.82, 2.24) is 9.80 Å². The van der Waals surface area contributed by atoms with Gasteiger partial charge in [-0.3, -0.25) is 9.69 Å². The molecule has 1 atom stereocenters. The van der Waals surface area contributed by atoms with Crippen LogP contribution in [0.15, 0.2) is 30.3 Å². The summed E-state index contributed by atoms with van der Waals surface area (Å²) < 4.78 is 0. The molecule has 2 fully saturated rings. The minimum Gasteiger partial charge on any atom is -0.339 e. The Labute approximate surface area is 138 Å². The van der Waals surface area contributed by atoms with Crippen LogP contribution < -0.4 is 0 Å². The van der Waals surface area contributed by atoms with Gasteiger partial charge < -0.3 is 4.90 Å². The SMILES string of the molecule is CC(C)(C)C(=O)N1CCC2(C1)SCCN2Cc1ccccc1. The summed E-state index contributed by atoms with van der Waals surface area (Å²) in [5, 5.41) is 0. The fourth-order valence-electron chi connectivity index (χ4n) is 3.46. The molecule has 1 aromatic rings. The van der Waals surface area contributed by atoms with Gasteiger partial charge in [0.15, 0.2) is 0 Å². The molecule has 0 aromatic heterocycles. The van der Waals surface area contributed by atoms with Crippen molar-refractivity contribution in [3.05, 3.63) is 35.9 Å². The van der Waals surface area contributed by atoms with Gasteiger partial charge in [0.05, 0.1) is 4.87 Å². The van der Waals surface area contributed by atoms with Crippen molar-refractivity contribution in [3.63, 3.8) is 0 Å². The van der Waals surface area contributed by atoms with Crippen molar-refractivity contribution >= 4 is 17.7 Å². The van der Waals surface area contributed by atoms with Gasteiger partial charge >= 0.3 is 0 Å². The molecule has 0 aliphatic carbocycles. The van der Waals surface area contributed by atoms with Gasteiger partial charge in [0, 0.05) is 37.3 Å². The van der Waals surface area contributed by atoms with Crippen LogP contribution in [0.25, 0.3) is 0 Å². The van der Waals surface area contributed by atoms with E-state index in [1.54, 1.807) is 0 Å². The molecule has 1 amide bonds. The second-order valence-electron chi connectivity index (χ2n) is 7.43. The predicted molar refractivity (Wildman–Crippen MR) is 92.7 cm³/mol. The Morgan fingerprint density at radius 3 is 2.64 bits per heavy atom. The van der Waals surface area contributed by atoms with Crippen LogP contribution in [0.5, 0.6) is 0 Å². The van der Waals surface area contributed by atoms with Gasteiger partial charge in [-0.1, -0.05) is 51.1 Å². The Balaban J connectivity index is 1.72. The number of benzene rings is 1. The lowest BCUT2D eigenvalue weighted by Crippen LogP contribution is -2.46. The van der Waals surface area contributed by atoms with Crippen molar-refractivity contribution in [3.8, 4) is 0 Å². The Morgan fingerprint density at radius 1 is 1.23 bits per heavy atom. The molecule has 0 bridgehead atoms. The lowest BCUT2D eigenvalue weighted by atomic mass is 9.95. The number of carbonyl (C=O) groups is 1. The number of nitrogens with zero attached hydrogens (tertiary/aromatic N) is 2. The number of rotatable bonds is 2. The Kier molecular flexibility index (Phi) is 4.25. The molecule has 120 valence electrons. The summed E-state index contributed by atoms with van der Waals surface area (Å²) >= 11 is 2.04. The van der Waals surface area contributed by atoms with E-state index in [-0.39, 0.29) is 16.2 Å². The van der Waals surface area contributed by atoms with Crippen molar-refractivity contribution < 1.29 is 4.79 Å². The van der Waals surface area contributed by atoms with E-state index in [1.807, 2.05) is 32.5 Å². The number of hydrogen-bond acceptors (Lipinski definition) is 3. The van der Waals surface area contributed by atoms with Crippen LogP contribution in [0.3, 0.4) is 0 Å². The first-order chi connectivity index (χ1) is 10.4. The highest BCUT2D eigenvalue weighted by atomic mass is 32.2. The minimum atomic E-state index is -0.279. The zero-order chi connectivity index (χ0) is 15.8. The first kappa shape index (κ1) is 15.9. The molecule has 3 nitrogen and oxygen atoms in total. The minimum absolute atomic E-state index is 0.136. The van der Waals surface area contributed by atoms with Crippen molar-refractivity contribution in [2.45, 2.75) is 38.6 Å². The molecule has 3 rings (SSSR count). The van der Waals surface area contributed by atoms with E-state index >= 15 is 0 Å². The number of carbonyl (C=O) groups excluding carboxylic acids is 1. The third-order valence-corrected chi connectivity index (χ3v) is 6.18. The normalized spacial score (nSPS) is 26.0. The number of thioether (sulfide) groups is 1. The van der Waals surface area contributed by atoms with Crippen LogP contribution in [0.2, 0.25) is 0 Å². The summed E-state index contributed by atoms with van der Waals surface area (Å²) in [6.07, 6.45) is 1.09. The molecule has 2 aliphatic rings. The van der Waals surface area contributed by atoms with Gasteiger partial charge in [0.25, 0.3) is 0 Å². The predicted octanol–water partition coefficient (Wildman–Crippen LogP) is 3.21. The second-order valence-corrected chi connectivity index (χ2v) is 8.89. The fraction of sp³-hybridized carbons (Fsp3) is 0.611. The van der Waals surface area contributed by atoms with Gasteiger partial charge in [-0.05, 0) is 12.0 Å². The maximum atomic E-state index is 12.6. The van der Waals surface area contributed by atoms with Crippen LogP contribution >= 0.6 is 11.8 Å². The van der Waals surface area contributed by atoms with Gasteiger partial charge in [-0.25, -0.2) is 0 Å². The van der Waals surface area contributed by atoms with E-state index in [1.165, 1.54) is 11.3 Å². The van der Waals surface area contributed by atoms with Crippen LogP contribution in [-0.2, 0) is 11.3 Å². The lowest BCUT2D eigenvalue weighted by molar-refractivity contribution is -0.138. The fourth-order valence-corrected chi connectivity index (χ4v) is 4.97. The third-order valence-electron chi connectivity index (χ3n) is 4.66. The average molecular weight is 318 g/mol. The molecule has 1 spiro atoms. The molecule has 0 radical (unpaired) electrons. The molecular formula is C18H26N2OS. The maximum Gasteiger partial charge on any atom is 0.228 e. The van der Waals surface area contributed by atoms with E-state index in [0.717, 1.165) is 32.6 Å². The summed E-state index contributed by atoms with van der Waals surface area (Å²) in [7, 11) is 0. The van der Waals surface area contributed by atoms with E-state index in [9.17, 15) is 4.79 Å². The third kappa shape index (κ3) is 3.04. The molecule has 22 heavy (non-hydrogen) atoms. The van der Waals surface area contributed by atoms with Gasteiger partial charge in [0.1, 0.15) is 0 Å². The molecule has 0 saturated carbocycles. The number of likely N-dealkylation sites (tertiary alicyclic amines) is 1. The smallest absolute Gasteiger partial charge is 0.228 e. The largest absolute Gasteiger partial charge is 0.339 e. The second kappa shape index (κ2) is 5.89. The van der Waals surface area contributed by atoms with E-state index in [4.69, 9.17) is 0 Å². The highest BCUT2D eigenvalue weighted by Crippen LogP contribution is 2.44. The van der Waals surface area contributed by atoms with E-state index in [0.29, 0.717) is 0 Å². The molecule has 2 heterocycles. The van der Waals surface area contributed by atoms with Crippen LogP contribution in [-0.4, -0.2) is 46.0 Å². The van der Waals surface area contributed by atoms with Crippen LogP contribution in [0.1, 0.15) is 32.8 Å². The van der Waals surface area contributed by atoms with Crippen LogP contribution in [0.4, 0.5) is 0 Å². The van der Waals surface area contributed by atoms with Crippen molar-refractivity contribution in [2.24, 2.45) is 5.41 Å². The summed E-state index contributed by atoms with van der Waals surface area (Å²) in [5.41, 5.74) is 1.09. The quantitative estimate of drug-likeness (QED) is 0.836. The molecule has 1 unspecified atom stereocenters. The molecule has 4 heteroatoms. The number of hydrogen-bond donors (Lipinski definition) is 0. The summed E-state index contributed by atoms with van der Waals surface area (Å²) in [6, 6.07) is 10.7. The summed E-state index contributed by atoms with van der Waals surface area (Å²) in [6.45, 7) is 9.94. The average Bonchev–Trinajstić information content (AvgIpc) is 3.07. The molecular weight excluding hydrogens is 292 g/mol. The zero-order valence-corrected chi connectivity index (χ0v) is 14.7. The van der Waals surface area contributed by atoms with Gasteiger partial charge in [-0.2, -0.15) is 0 Å². The Bertz CT molecular complexity index is 540. The van der Waals surface area contributed by atoms with Gasteiger partial charge in [0.2, 0.25) is 5.91 Å². The highest BCUT2D eigenvalue weighted by Gasteiger charge is 2.48. The molecule has 2 aliphatic heterocycles. The lowest BCUT2D eigenvalue weighted by Gasteiger charge is -2.35. The molecule has 1 aromatic carbocycles. The monoisotopic (exact) mass is 318 g/mol. The van der Waals surface area contributed by atoms with Crippen LogP contribution in [0, 0.1) is 5.41 Å². The van der Waals surface area contributed by atoms with Crippen molar-refractivity contribution in [2.75, 3.05) is 25.4 Å². The van der Waals surface area contributed by atoms with Crippen molar-refractivity contribution in [1.29, 1.82) is 0 Å². The zero-order valence-electron chi connectivity index (χ0n) is 13.8. The Morgan fingerprint density at radius 2 is 1.95 bits per heavy atom. The molecule has 0 N–H and O–H groups in total. The maximum absolute atomic E-state index is 12.6. The van der Waals surface area contributed by atoms with E-state index < -0.39 is 0 Å². The standard InChI is InChI=1S/C18H26N2OS/c1-17(2,3)16(21)19-10-9-18(14-19)20(11-12-22-18)13-15-7-5-4-6-8-15/h4-8H,9-14H2,1-3H3. The molecule has 2 saturated heterocycles. The number of amides is 1. The van der Waals surface area contributed by atoms with E-state index in [2.05, 4.69) is 40.1 Å². The Hall–Kier alpha value is -1.00. The summed E-state index contributed by atoms with van der Waals surface area (Å²) in [5.74, 6) is 1.46. The highest BCUT2D eigenvalue weighted by molar-refractivity contribution is 8.00. The van der Waals surface area contributed by atoms with Gasteiger partial charge in [-0.15, -0.1) is 11.8 Å². The topological polar surface area (TPSA) is 23.6 Å². The first-order valence-corrected chi connectivity index (χ1v) is 9.12. The summed E-state index contributed by atoms with van der Waals surface area (Å²) in [4.78, 5) is 17.4. The first-order valence-electron chi connectivity index (χ1n) is 8.13.